The highest BCUT2D eigenvalue weighted by Gasteiger charge is 2.62. The second-order valence-electron chi connectivity index (χ2n) is 7.85. The molecule has 2 bridgehead atoms. The van der Waals surface area contributed by atoms with Crippen LogP contribution in [-0.4, -0.2) is 35.5 Å². The first-order valence-corrected chi connectivity index (χ1v) is 10.2. The molecule has 3 rings (SSSR count). The standard InChI is InChI=1S/C20H33NO3/c1-2-3-4-5-6-7-8-9-10-11-14-21-19(22)17-15-12-13-16(24-15)18(17)20(21)23/h15-18H,2-14H2,1H3. The van der Waals surface area contributed by atoms with E-state index in [0.717, 1.165) is 25.7 Å². The second kappa shape index (κ2) is 8.46. The van der Waals surface area contributed by atoms with Crippen molar-refractivity contribution in [1.82, 2.24) is 4.90 Å². The first-order chi connectivity index (χ1) is 11.7. The molecule has 0 aromatic carbocycles. The quantitative estimate of drug-likeness (QED) is 0.422. The number of ether oxygens (including phenoxy) is 1. The van der Waals surface area contributed by atoms with Gasteiger partial charge in [0.2, 0.25) is 11.8 Å². The van der Waals surface area contributed by atoms with Gasteiger partial charge in [0.25, 0.3) is 0 Å². The van der Waals surface area contributed by atoms with E-state index in [9.17, 15) is 9.59 Å². The number of carbonyl (C=O) groups is 2. The van der Waals surface area contributed by atoms with Crippen LogP contribution < -0.4 is 0 Å². The van der Waals surface area contributed by atoms with E-state index in [0.29, 0.717) is 6.54 Å². The van der Waals surface area contributed by atoms with Gasteiger partial charge in [-0.25, -0.2) is 0 Å². The Morgan fingerprint density at radius 2 is 1.25 bits per heavy atom. The highest BCUT2D eigenvalue weighted by molar-refractivity contribution is 6.06. The fraction of sp³-hybridized carbons (Fsp3) is 0.900. The Labute approximate surface area is 146 Å². The number of amides is 2. The van der Waals surface area contributed by atoms with Gasteiger partial charge in [0.15, 0.2) is 0 Å². The molecule has 0 N–H and O–H groups in total. The zero-order valence-electron chi connectivity index (χ0n) is 15.2. The van der Waals surface area contributed by atoms with Crippen LogP contribution in [0.1, 0.15) is 84.0 Å². The van der Waals surface area contributed by atoms with E-state index < -0.39 is 0 Å². The third-order valence-corrected chi connectivity index (χ3v) is 6.11. The third-order valence-electron chi connectivity index (χ3n) is 6.11. The lowest BCUT2D eigenvalue weighted by atomic mass is 9.81. The Morgan fingerprint density at radius 3 is 1.75 bits per heavy atom. The summed E-state index contributed by atoms with van der Waals surface area (Å²) in [7, 11) is 0. The van der Waals surface area contributed by atoms with Crippen molar-refractivity contribution in [1.29, 1.82) is 0 Å². The van der Waals surface area contributed by atoms with Gasteiger partial charge in [-0.2, -0.15) is 0 Å². The molecule has 3 heterocycles. The van der Waals surface area contributed by atoms with Crippen molar-refractivity contribution in [3.8, 4) is 0 Å². The van der Waals surface area contributed by atoms with Crippen molar-refractivity contribution in [2.24, 2.45) is 11.8 Å². The lowest BCUT2D eigenvalue weighted by molar-refractivity contribution is -0.142. The summed E-state index contributed by atoms with van der Waals surface area (Å²) >= 11 is 0. The van der Waals surface area contributed by atoms with E-state index in [-0.39, 0.29) is 35.9 Å². The molecule has 24 heavy (non-hydrogen) atoms. The molecular weight excluding hydrogens is 302 g/mol. The van der Waals surface area contributed by atoms with Gasteiger partial charge < -0.3 is 4.74 Å². The zero-order valence-corrected chi connectivity index (χ0v) is 15.2. The van der Waals surface area contributed by atoms with E-state index in [2.05, 4.69) is 6.92 Å². The number of nitrogens with zero attached hydrogens (tertiary/aromatic N) is 1. The number of imide groups is 1. The molecule has 0 aliphatic carbocycles. The number of likely N-dealkylation sites (tertiary alicyclic amines) is 1. The molecule has 0 radical (unpaired) electrons. The molecule has 4 atom stereocenters. The van der Waals surface area contributed by atoms with Crippen molar-refractivity contribution in [3.05, 3.63) is 0 Å². The van der Waals surface area contributed by atoms with Gasteiger partial charge in [-0.05, 0) is 19.3 Å². The molecule has 3 aliphatic heterocycles. The van der Waals surface area contributed by atoms with Crippen molar-refractivity contribution in [2.75, 3.05) is 6.54 Å². The van der Waals surface area contributed by atoms with E-state index in [1.807, 2.05) is 0 Å². The van der Waals surface area contributed by atoms with E-state index >= 15 is 0 Å². The van der Waals surface area contributed by atoms with Crippen LogP contribution in [0.25, 0.3) is 0 Å². The van der Waals surface area contributed by atoms with Gasteiger partial charge >= 0.3 is 0 Å². The number of hydrogen-bond donors (Lipinski definition) is 0. The molecule has 4 nitrogen and oxygen atoms in total. The topological polar surface area (TPSA) is 46.6 Å². The summed E-state index contributed by atoms with van der Waals surface area (Å²) in [6.07, 6.45) is 14.7. The first kappa shape index (κ1) is 17.9. The average Bonchev–Trinajstić information content (AvgIpc) is 3.25. The highest BCUT2D eigenvalue weighted by atomic mass is 16.5. The van der Waals surface area contributed by atoms with Crippen LogP contribution >= 0.6 is 0 Å². The normalized spacial score (nSPS) is 31.3. The third kappa shape index (κ3) is 3.68. The molecule has 0 aromatic heterocycles. The van der Waals surface area contributed by atoms with Crippen LogP contribution in [0.4, 0.5) is 0 Å². The zero-order chi connectivity index (χ0) is 16.9. The van der Waals surface area contributed by atoms with Gasteiger partial charge in [0.1, 0.15) is 0 Å². The highest BCUT2D eigenvalue weighted by Crippen LogP contribution is 2.48. The van der Waals surface area contributed by atoms with Crippen LogP contribution in [-0.2, 0) is 14.3 Å². The van der Waals surface area contributed by atoms with Gasteiger partial charge in [-0.1, -0.05) is 64.7 Å². The van der Waals surface area contributed by atoms with Gasteiger partial charge in [0, 0.05) is 6.54 Å². The van der Waals surface area contributed by atoms with Crippen LogP contribution in [0, 0.1) is 11.8 Å². The molecule has 2 amide bonds. The molecule has 0 aromatic rings. The van der Waals surface area contributed by atoms with Gasteiger partial charge in [0.05, 0.1) is 24.0 Å². The van der Waals surface area contributed by atoms with Crippen LogP contribution in [0.3, 0.4) is 0 Å². The average molecular weight is 335 g/mol. The number of rotatable bonds is 11. The molecule has 3 aliphatic rings. The minimum Gasteiger partial charge on any atom is -0.373 e. The Morgan fingerprint density at radius 1 is 0.792 bits per heavy atom. The fourth-order valence-electron chi connectivity index (χ4n) is 4.75. The number of carbonyl (C=O) groups excluding carboxylic acids is 2. The molecule has 0 saturated carbocycles. The fourth-order valence-corrected chi connectivity index (χ4v) is 4.75. The van der Waals surface area contributed by atoms with Crippen LogP contribution in [0.5, 0.6) is 0 Å². The Hall–Kier alpha value is -0.900. The molecule has 4 unspecified atom stereocenters. The minimum atomic E-state index is -0.153. The molecule has 3 saturated heterocycles. The van der Waals surface area contributed by atoms with Gasteiger partial charge in [-0.3, -0.25) is 14.5 Å². The largest absolute Gasteiger partial charge is 0.373 e. The maximum Gasteiger partial charge on any atom is 0.235 e. The molecule has 136 valence electrons. The van der Waals surface area contributed by atoms with E-state index in [4.69, 9.17) is 4.74 Å². The summed E-state index contributed by atoms with van der Waals surface area (Å²) in [6, 6.07) is 0. The minimum absolute atomic E-state index is 0.0224. The molecule has 0 spiro atoms. The predicted octanol–water partition coefficient (Wildman–Crippen LogP) is 4.07. The first-order valence-electron chi connectivity index (χ1n) is 10.2. The van der Waals surface area contributed by atoms with Crippen LogP contribution in [0.2, 0.25) is 0 Å². The summed E-state index contributed by atoms with van der Waals surface area (Å²) in [4.78, 5) is 26.6. The van der Waals surface area contributed by atoms with Gasteiger partial charge in [-0.15, -0.1) is 0 Å². The van der Waals surface area contributed by atoms with E-state index in [1.165, 1.54) is 51.4 Å². The maximum atomic E-state index is 12.5. The number of fused-ring (bicyclic) bond motifs is 5. The molecule has 3 fully saturated rings. The number of hydrogen-bond acceptors (Lipinski definition) is 3. The lowest BCUT2D eigenvalue weighted by Gasteiger charge is -2.17. The molecule has 4 heteroatoms. The second-order valence-corrected chi connectivity index (χ2v) is 7.85. The maximum absolute atomic E-state index is 12.5. The summed E-state index contributed by atoms with van der Waals surface area (Å²) in [6.45, 7) is 2.88. The number of unbranched alkanes of at least 4 members (excludes halogenated alkanes) is 9. The predicted molar refractivity (Wildman–Crippen MR) is 93.4 cm³/mol. The molecular formula is C20H33NO3. The van der Waals surface area contributed by atoms with Crippen molar-refractivity contribution < 1.29 is 14.3 Å². The Balaban J connectivity index is 1.28. The Kier molecular flexibility index (Phi) is 6.31. The van der Waals surface area contributed by atoms with Crippen molar-refractivity contribution in [3.63, 3.8) is 0 Å². The summed E-state index contributed by atoms with van der Waals surface area (Å²) in [5.41, 5.74) is 0. The van der Waals surface area contributed by atoms with Crippen LogP contribution in [0.15, 0.2) is 0 Å². The summed E-state index contributed by atoms with van der Waals surface area (Å²) in [5, 5.41) is 0. The Bertz CT molecular complexity index is 422. The lowest BCUT2D eigenvalue weighted by Crippen LogP contribution is -2.35. The SMILES string of the molecule is CCCCCCCCCCCCN1C(=O)C2C3CCC(O3)C2C1=O. The summed E-state index contributed by atoms with van der Waals surface area (Å²) < 4.78 is 5.77. The smallest absolute Gasteiger partial charge is 0.235 e. The monoisotopic (exact) mass is 335 g/mol. The summed E-state index contributed by atoms with van der Waals surface area (Å²) in [5.74, 6) is -0.208. The van der Waals surface area contributed by atoms with Crippen molar-refractivity contribution in [2.45, 2.75) is 96.2 Å². The van der Waals surface area contributed by atoms with Crippen molar-refractivity contribution >= 4 is 11.8 Å². The van der Waals surface area contributed by atoms with E-state index in [1.54, 1.807) is 4.90 Å².